The van der Waals surface area contributed by atoms with Gasteiger partial charge in [-0.25, -0.2) is 0 Å². The SMILES string of the molecule is CCCCCCCC(CCC)CN(CC(CCC)CCCCCCC)C(=O)CN(C)CC[N+](C)(C)C. The molecule has 0 N–H and O–H groups in total. The predicted molar refractivity (Wildman–Crippen MR) is 161 cm³/mol. The molecule has 0 aliphatic heterocycles. The molecule has 0 spiro atoms. The summed E-state index contributed by atoms with van der Waals surface area (Å²) in [5.41, 5.74) is 0. The van der Waals surface area contributed by atoms with Crippen molar-refractivity contribution in [1.82, 2.24) is 9.80 Å². The zero-order valence-electron chi connectivity index (χ0n) is 26.3. The number of carbonyl (C=O) groups excluding carboxylic acids is 1. The Balaban J connectivity index is 5.24. The molecule has 0 bridgehead atoms. The Labute approximate surface area is 228 Å². The molecule has 4 nitrogen and oxygen atoms in total. The van der Waals surface area contributed by atoms with Gasteiger partial charge in [0.05, 0.1) is 34.2 Å². The monoisotopic (exact) mass is 511 g/mol. The number of likely N-dealkylation sites (N-methyl/N-ethyl adjacent to an activating group) is 2. The molecule has 0 saturated heterocycles. The zero-order valence-corrected chi connectivity index (χ0v) is 26.3. The molecule has 0 saturated carbocycles. The second kappa shape index (κ2) is 22.4. The van der Waals surface area contributed by atoms with Crippen LogP contribution in [0.1, 0.15) is 130 Å². The van der Waals surface area contributed by atoms with Crippen molar-refractivity contribution in [3.63, 3.8) is 0 Å². The van der Waals surface area contributed by atoms with Crippen molar-refractivity contribution >= 4 is 5.91 Å². The van der Waals surface area contributed by atoms with E-state index in [1.807, 2.05) is 0 Å². The fraction of sp³-hybridized carbons (Fsp3) is 0.969. The molecule has 0 aromatic rings. The summed E-state index contributed by atoms with van der Waals surface area (Å²) in [6, 6.07) is 0. The predicted octanol–water partition coefficient (Wildman–Crippen LogP) is 8.01. The molecule has 0 aromatic heterocycles. The van der Waals surface area contributed by atoms with Gasteiger partial charge in [-0.05, 0) is 44.6 Å². The van der Waals surface area contributed by atoms with Crippen LogP contribution in [0.4, 0.5) is 0 Å². The van der Waals surface area contributed by atoms with Gasteiger partial charge in [-0.1, -0.05) is 105 Å². The van der Waals surface area contributed by atoms with Gasteiger partial charge in [-0.15, -0.1) is 0 Å². The summed E-state index contributed by atoms with van der Waals surface area (Å²) >= 11 is 0. The molecule has 0 radical (unpaired) electrons. The largest absolute Gasteiger partial charge is 0.341 e. The van der Waals surface area contributed by atoms with Crippen molar-refractivity contribution in [3.05, 3.63) is 0 Å². The number of nitrogens with zero attached hydrogens (tertiary/aromatic N) is 3. The number of unbranched alkanes of at least 4 members (excludes halogenated alkanes) is 8. The van der Waals surface area contributed by atoms with E-state index in [0.717, 1.165) is 30.7 Å². The van der Waals surface area contributed by atoms with Crippen molar-refractivity contribution < 1.29 is 9.28 Å². The fourth-order valence-electron chi connectivity index (χ4n) is 5.33. The summed E-state index contributed by atoms with van der Waals surface area (Å²) in [4.78, 5) is 18.2. The molecular formula is C32H68N3O+. The second-order valence-electron chi connectivity index (χ2n) is 12.8. The molecule has 0 aliphatic rings. The molecule has 0 aliphatic carbocycles. The quantitative estimate of drug-likeness (QED) is 0.0917. The number of hydrogen-bond acceptors (Lipinski definition) is 2. The smallest absolute Gasteiger partial charge is 0.236 e. The van der Waals surface area contributed by atoms with Gasteiger partial charge in [0, 0.05) is 19.6 Å². The van der Waals surface area contributed by atoms with Crippen molar-refractivity contribution in [1.29, 1.82) is 0 Å². The Hall–Kier alpha value is -0.610. The van der Waals surface area contributed by atoms with Crippen LogP contribution in [-0.2, 0) is 4.79 Å². The third kappa shape index (κ3) is 20.4. The summed E-state index contributed by atoms with van der Waals surface area (Å²) in [6.07, 6.45) is 20.9. The number of quaternary nitrogens is 1. The lowest BCUT2D eigenvalue weighted by atomic mass is 9.92. The van der Waals surface area contributed by atoms with E-state index < -0.39 is 0 Å². The summed E-state index contributed by atoms with van der Waals surface area (Å²) < 4.78 is 0.940. The number of carbonyl (C=O) groups is 1. The second-order valence-corrected chi connectivity index (χ2v) is 12.8. The minimum absolute atomic E-state index is 0.359. The van der Waals surface area contributed by atoms with Crippen LogP contribution in [-0.4, -0.2) is 81.1 Å². The van der Waals surface area contributed by atoms with E-state index in [0.29, 0.717) is 24.3 Å². The van der Waals surface area contributed by atoms with Crippen LogP contribution < -0.4 is 0 Å². The van der Waals surface area contributed by atoms with Gasteiger partial charge >= 0.3 is 0 Å². The van der Waals surface area contributed by atoms with Crippen LogP contribution in [0.5, 0.6) is 0 Å². The minimum atomic E-state index is 0.359. The highest BCUT2D eigenvalue weighted by atomic mass is 16.2. The molecule has 36 heavy (non-hydrogen) atoms. The Kier molecular flexibility index (Phi) is 22.0. The molecule has 216 valence electrons. The summed E-state index contributed by atoms with van der Waals surface area (Å²) in [5, 5.41) is 0. The van der Waals surface area contributed by atoms with Gasteiger partial charge < -0.3 is 9.38 Å². The Bertz CT molecular complexity index is 476. The third-order valence-corrected chi connectivity index (χ3v) is 7.69. The maximum Gasteiger partial charge on any atom is 0.236 e. The third-order valence-electron chi connectivity index (χ3n) is 7.69. The first-order valence-corrected chi connectivity index (χ1v) is 15.9. The molecule has 2 atom stereocenters. The average molecular weight is 511 g/mol. The lowest BCUT2D eigenvalue weighted by molar-refractivity contribution is -0.869. The van der Waals surface area contributed by atoms with Gasteiger partial charge in [0.15, 0.2) is 0 Å². The molecule has 0 heterocycles. The highest BCUT2D eigenvalue weighted by Gasteiger charge is 2.23. The molecule has 0 fully saturated rings. The first kappa shape index (κ1) is 35.4. The van der Waals surface area contributed by atoms with Crippen LogP contribution in [0.3, 0.4) is 0 Å². The van der Waals surface area contributed by atoms with E-state index in [2.05, 4.69) is 65.7 Å². The van der Waals surface area contributed by atoms with Gasteiger partial charge in [-0.2, -0.15) is 0 Å². The zero-order chi connectivity index (χ0) is 27.2. The maximum absolute atomic E-state index is 13.7. The van der Waals surface area contributed by atoms with Crippen molar-refractivity contribution in [2.75, 3.05) is 60.9 Å². The normalized spacial score (nSPS) is 13.8. The molecule has 0 aromatic carbocycles. The van der Waals surface area contributed by atoms with Crippen LogP contribution >= 0.6 is 0 Å². The van der Waals surface area contributed by atoms with Crippen molar-refractivity contribution in [2.45, 2.75) is 130 Å². The highest BCUT2D eigenvalue weighted by molar-refractivity contribution is 5.78. The lowest BCUT2D eigenvalue weighted by Gasteiger charge is -2.33. The highest BCUT2D eigenvalue weighted by Crippen LogP contribution is 2.22. The van der Waals surface area contributed by atoms with Gasteiger partial charge in [0.1, 0.15) is 0 Å². The summed E-state index contributed by atoms with van der Waals surface area (Å²) in [5.74, 6) is 1.67. The van der Waals surface area contributed by atoms with Crippen LogP contribution in [0, 0.1) is 11.8 Å². The van der Waals surface area contributed by atoms with Gasteiger partial charge in [-0.3, -0.25) is 9.69 Å². The minimum Gasteiger partial charge on any atom is -0.341 e. The Morgan fingerprint density at radius 2 is 1.08 bits per heavy atom. The first-order chi connectivity index (χ1) is 17.2. The van der Waals surface area contributed by atoms with Crippen molar-refractivity contribution in [2.24, 2.45) is 11.8 Å². The van der Waals surface area contributed by atoms with E-state index in [4.69, 9.17) is 0 Å². The van der Waals surface area contributed by atoms with Gasteiger partial charge in [0.25, 0.3) is 0 Å². The maximum atomic E-state index is 13.7. The van der Waals surface area contributed by atoms with E-state index in [1.54, 1.807) is 0 Å². The molecular weight excluding hydrogens is 442 g/mol. The van der Waals surface area contributed by atoms with Crippen LogP contribution in [0.2, 0.25) is 0 Å². The van der Waals surface area contributed by atoms with E-state index in [9.17, 15) is 4.79 Å². The fourth-order valence-corrected chi connectivity index (χ4v) is 5.33. The van der Waals surface area contributed by atoms with Crippen LogP contribution in [0.15, 0.2) is 0 Å². The standard InChI is InChI=1S/C32H68N3O/c1-9-13-15-17-19-23-30(21-11-3)27-34(32(36)29-33(5)25-26-35(6,7)8)28-31(22-12-4)24-20-18-16-14-10-2/h30-31H,9-29H2,1-8H3/q+1. The van der Waals surface area contributed by atoms with Crippen molar-refractivity contribution in [3.8, 4) is 0 Å². The first-order valence-electron chi connectivity index (χ1n) is 15.9. The Morgan fingerprint density at radius 3 is 1.47 bits per heavy atom. The summed E-state index contributed by atoms with van der Waals surface area (Å²) in [6.45, 7) is 13.7. The molecule has 0 rings (SSSR count). The van der Waals surface area contributed by atoms with E-state index in [1.165, 1.54) is 103 Å². The van der Waals surface area contributed by atoms with E-state index in [-0.39, 0.29) is 0 Å². The lowest BCUT2D eigenvalue weighted by Crippen LogP contribution is -2.46. The summed E-state index contributed by atoms with van der Waals surface area (Å²) in [7, 11) is 8.81. The Morgan fingerprint density at radius 1 is 0.639 bits per heavy atom. The average Bonchev–Trinajstić information content (AvgIpc) is 2.81. The number of amides is 1. The molecule has 1 amide bonds. The van der Waals surface area contributed by atoms with Gasteiger partial charge in [0.2, 0.25) is 5.91 Å². The number of hydrogen-bond donors (Lipinski definition) is 0. The molecule has 2 unspecified atom stereocenters. The number of rotatable bonds is 25. The van der Waals surface area contributed by atoms with E-state index >= 15 is 0 Å². The van der Waals surface area contributed by atoms with Crippen LogP contribution in [0.25, 0.3) is 0 Å². The topological polar surface area (TPSA) is 23.6 Å². The molecule has 4 heteroatoms.